The van der Waals surface area contributed by atoms with E-state index in [-0.39, 0.29) is 11.0 Å². The summed E-state index contributed by atoms with van der Waals surface area (Å²) in [6, 6.07) is 5.10. The molecule has 2 aromatic heterocycles. The van der Waals surface area contributed by atoms with Crippen molar-refractivity contribution in [1.29, 1.82) is 0 Å². The summed E-state index contributed by atoms with van der Waals surface area (Å²) in [5.74, 6) is -0.972. The van der Waals surface area contributed by atoms with Crippen LogP contribution >= 0.6 is 11.6 Å². The number of aromatic nitrogens is 3. The Bertz CT molecular complexity index is 785. The highest BCUT2D eigenvalue weighted by atomic mass is 35.5. The molecule has 0 radical (unpaired) electrons. The van der Waals surface area contributed by atoms with Crippen molar-refractivity contribution in [1.82, 2.24) is 14.6 Å². The molecular formula is C12H7ClF2N4. The first-order valence-electron chi connectivity index (χ1n) is 5.31. The zero-order valence-corrected chi connectivity index (χ0v) is 10.2. The SMILES string of the molecule is Nc1nc2c(-c3ccc(F)cc3Cl)cc(F)cn2n1. The van der Waals surface area contributed by atoms with E-state index in [4.69, 9.17) is 17.3 Å². The van der Waals surface area contributed by atoms with Crippen LogP contribution in [0.2, 0.25) is 5.02 Å². The van der Waals surface area contributed by atoms with E-state index >= 15 is 0 Å². The van der Waals surface area contributed by atoms with Crippen LogP contribution in [0.3, 0.4) is 0 Å². The number of rotatable bonds is 1. The van der Waals surface area contributed by atoms with Crippen LogP contribution < -0.4 is 5.73 Å². The third-order valence-corrected chi connectivity index (χ3v) is 2.95. The van der Waals surface area contributed by atoms with Gasteiger partial charge in [-0.25, -0.2) is 13.3 Å². The first-order valence-corrected chi connectivity index (χ1v) is 5.69. The Labute approximate surface area is 111 Å². The fourth-order valence-electron chi connectivity index (χ4n) is 1.88. The maximum Gasteiger partial charge on any atom is 0.240 e. The lowest BCUT2D eigenvalue weighted by Crippen LogP contribution is -1.94. The lowest BCUT2D eigenvalue weighted by atomic mass is 10.1. The molecule has 2 heterocycles. The first-order chi connectivity index (χ1) is 9.04. The number of halogens is 3. The highest BCUT2D eigenvalue weighted by Crippen LogP contribution is 2.31. The van der Waals surface area contributed by atoms with Crippen molar-refractivity contribution in [3.8, 4) is 11.1 Å². The van der Waals surface area contributed by atoms with Gasteiger partial charge in [-0.2, -0.15) is 4.98 Å². The molecule has 4 nitrogen and oxygen atoms in total. The summed E-state index contributed by atoms with van der Waals surface area (Å²) in [6.45, 7) is 0. The van der Waals surface area contributed by atoms with Crippen molar-refractivity contribution in [2.75, 3.05) is 5.73 Å². The zero-order chi connectivity index (χ0) is 13.6. The van der Waals surface area contributed by atoms with Crippen LogP contribution in [0.4, 0.5) is 14.7 Å². The van der Waals surface area contributed by atoms with E-state index in [0.29, 0.717) is 16.8 Å². The molecule has 0 aliphatic rings. The molecule has 7 heteroatoms. The number of hydrogen-bond acceptors (Lipinski definition) is 3. The number of anilines is 1. The smallest absolute Gasteiger partial charge is 0.240 e. The lowest BCUT2D eigenvalue weighted by molar-refractivity contribution is 0.615. The van der Waals surface area contributed by atoms with E-state index in [2.05, 4.69) is 10.1 Å². The Morgan fingerprint density at radius 2 is 1.89 bits per heavy atom. The van der Waals surface area contributed by atoms with E-state index in [1.165, 1.54) is 22.7 Å². The summed E-state index contributed by atoms with van der Waals surface area (Å²) in [7, 11) is 0. The third kappa shape index (κ3) is 2.00. The molecule has 0 aliphatic carbocycles. The monoisotopic (exact) mass is 280 g/mol. The van der Waals surface area contributed by atoms with E-state index < -0.39 is 11.6 Å². The Morgan fingerprint density at radius 3 is 2.63 bits per heavy atom. The van der Waals surface area contributed by atoms with Gasteiger partial charge >= 0.3 is 0 Å². The Kier molecular flexibility index (Phi) is 2.60. The van der Waals surface area contributed by atoms with Crippen LogP contribution in [0.15, 0.2) is 30.5 Å². The highest BCUT2D eigenvalue weighted by molar-refractivity contribution is 6.33. The molecule has 0 bridgehead atoms. The predicted molar refractivity (Wildman–Crippen MR) is 67.8 cm³/mol. The van der Waals surface area contributed by atoms with E-state index in [1.807, 2.05) is 0 Å². The normalized spacial score (nSPS) is 11.1. The molecule has 3 aromatic rings. The van der Waals surface area contributed by atoms with Gasteiger partial charge in [-0.15, -0.1) is 5.10 Å². The summed E-state index contributed by atoms with van der Waals surface area (Å²) in [5.41, 5.74) is 6.70. The minimum absolute atomic E-state index is 0.0186. The molecule has 0 saturated carbocycles. The standard InChI is InChI=1S/C12H7ClF2N4/c13-10-4-6(14)1-2-8(10)9-3-7(15)5-19-11(9)17-12(16)18-19/h1-5H,(H2,16,18). The molecule has 0 spiro atoms. The summed E-state index contributed by atoms with van der Waals surface area (Å²) in [5, 5.41) is 3.99. The quantitative estimate of drug-likeness (QED) is 0.746. The van der Waals surface area contributed by atoms with Gasteiger partial charge in [0.25, 0.3) is 0 Å². The zero-order valence-electron chi connectivity index (χ0n) is 9.44. The average molecular weight is 281 g/mol. The van der Waals surface area contributed by atoms with Crippen molar-refractivity contribution in [3.05, 3.63) is 47.1 Å². The van der Waals surface area contributed by atoms with E-state index in [9.17, 15) is 8.78 Å². The van der Waals surface area contributed by atoms with Gasteiger partial charge in [-0.1, -0.05) is 11.6 Å². The molecule has 2 N–H and O–H groups in total. The van der Waals surface area contributed by atoms with Crippen LogP contribution in [0.1, 0.15) is 0 Å². The van der Waals surface area contributed by atoms with Gasteiger partial charge < -0.3 is 5.73 Å². The van der Waals surface area contributed by atoms with Crippen LogP contribution in [0, 0.1) is 11.6 Å². The Morgan fingerprint density at radius 1 is 1.11 bits per heavy atom. The topological polar surface area (TPSA) is 56.2 Å². The lowest BCUT2D eigenvalue weighted by Gasteiger charge is -2.06. The number of hydrogen-bond donors (Lipinski definition) is 1. The number of fused-ring (bicyclic) bond motifs is 1. The van der Waals surface area contributed by atoms with Crippen LogP contribution in [-0.4, -0.2) is 14.6 Å². The minimum atomic E-state index is -0.521. The van der Waals surface area contributed by atoms with Gasteiger partial charge in [-0.3, -0.25) is 0 Å². The third-order valence-electron chi connectivity index (χ3n) is 2.64. The van der Waals surface area contributed by atoms with Crippen LogP contribution in [0.25, 0.3) is 16.8 Å². The second-order valence-corrected chi connectivity index (χ2v) is 4.34. The predicted octanol–water partition coefficient (Wildman–Crippen LogP) is 2.91. The molecule has 0 fully saturated rings. The maximum atomic E-state index is 13.6. The molecule has 1 aromatic carbocycles. The average Bonchev–Trinajstić information content (AvgIpc) is 2.68. The van der Waals surface area contributed by atoms with Gasteiger partial charge in [-0.05, 0) is 24.3 Å². The first kappa shape index (κ1) is 11.9. The van der Waals surface area contributed by atoms with Crippen molar-refractivity contribution in [2.45, 2.75) is 0 Å². The van der Waals surface area contributed by atoms with Crippen molar-refractivity contribution in [2.24, 2.45) is 0 Å². The van der Waals surface area contributed by atoms with E-state index in [1.54, 1.807) is 0 Å². The van der Waals surface area contributed by atoms with Gasteiger partial charge in [0.1, 0.15) is 11.6 Å². The molecule has 0 aliphatic heterocycles. The van der Waals surface area contributed by atoms with E-state index in [0.717, 1.165) is 12.3 Å². The minimum Gasteiger partial charge on any atom is -0.366 e. The molecule has 0 atom stereocenters. The van der Waals surface area contributed by atoms with Crippen molar-refractivity contribution in [3.63, 3.8) is 0 Å². The maximum absolute atomic E-state index is 13.6. The number of nitrogens with two attached hydrogens (primary N) is 1. The number of nitrogen functional groups attached to an aromatic ring is 1. The molecule has 0 saturated heterocycles. The van der Waals surface area contributed by atoms with Crippen molar-refractivity contribution < 1.29 is 8.78 Å². The van der Waals surface area contributed by atoms with Crippen molar-refractivity contribution >= 4 is 23.2 Å². The summed E-state index contributed by atoms with van der Waals surface area (Å²) >= 11 is 5.97. The summed E-state index contributed by atoms with van der Waals surface area (Å²) in [6.07, 6.45) is 1.15. The molecule has 3 rings (SSSR count). The number of nitrogens with zero attached hydrogens (tertiary/aromatic N) is 3. The van der Waals surface area contributed by atoms with Crippen LogP contribution in [0.5, 0.6) is 0 Å². The fourth-order valence-corrected chi connectivity index (χ4v) is 2.15. The molecular weight excluding hydrogens is 274 g/mol. The Balaban J connectivity index is 2.35. The van der Waals surface area contributed by atoms with Crippen LogP contribution in [-0.2, 0) is 0 Å². The highest BCUT2D eigenvalue weighted by Gasteiger charge is 2.13. The van der Waals surface area contributed by atoms with Gasteiger partial charge in [0.2, 0.25) is 5.95 Å². The molecule has 0 unspecified atom stereocenters. The second kappa shape index (κ2) is 4.17. The molecule has 0 amide bonds. The molecule has 96 valence electrons. The molecule has 19 heavy (non-hydrogen) atoms. The second-order valence-electron chi connectivity index (χ2n) is 3.93. The van der Waals surface area contributed by atoms with Gasteiger partial charge in [0.15, 0.2) is 5.65 Å². The fraction of sp³-hybridized carbons (Fsp3) is 0. The van der Waals surface area contributed by atoms with Gasteiger partial charge in [0, 0.05) is 11.1 Å². The number of pyridine rings is 1. The number of benzene rings is 1. The van der Waals surface area contributed by atoms with Gasteiger partial charge in [0.05, 0.1) is 11.2 Å². The Hall–Kier alpha value is -2.21. The largest absolute Gasteiger partial charge is 0.366 e. The summed E-state index contributed by atoms with van der Waals surface area (Å²) < 4.78 is 27.8. The summed E-state index contributed by atoms with van der Waals surface area (Å²) in [4.78, 5) is 4.00.